The van der Waals surface area contributed by atoms with Gasteiger partial charge in [0.2, 0.25) is 11.9 Å². The highest BCUT2D eigenvalue weighted by Crippen LogP contribution is 2.17. The molecule has 6 heteroatoms. The van der Waals surface area contributed by atoms with E-state index in [1.54, 1.807) is 24.3 Å². The molecule has 0 unspecified atom stereocenters. The molecule has 0 radical (unpaired) electrons. The van der Waals surface area contributed by atoms with Crippen molar-refractivity contribution in [2.24, 2.45) is 0 Å². The van der Waals surface area contributed by atoms with Crippen LogP contribution in [0.3, 0.4) is 0 Å². The smallest absolute Gasteiger partial charge is 0.231 e. The summed E-state index contributed by atoms with van der Waals surface area (Å²) in [5, 5.41) is 12.1. The van der Waals surface area contributed by atoms with Gasteiger partial charge < -0.3 is 16.2 Å². The molecule has 0 bridgehead atoms. The lowest BCUT2D eigenvalue weighted by atomic mass is 10.3. The third-order valence-electron chi connectivity index (χ3n) is 1.69. The number of aromatic hydroxyl groups is 1. The SMILES string of the molecule is Nc1ncnc(Nc2cccc(O)c2)n1. The lowest BCUT2D eigenvalue weighted by Gasteiger charge is -2.04. The fourth-order valence-corrected chi connectivity index (χ4v) is 1.08. The van der Waals surface area contributed by atoms with Crippen LogP contribution in [-0.4, -0.2) is 20.1 Å². The van der Waals surface area contributed by atoms with E-state index in [1.807, 2.05) is 0 Å². The number of nitrogens with one attached hydrogen (secondary N) is 1. The highest BCUT2D eigenvalue weighted by Gasteiger charge is 1.98. The van der Waals surface area contributed by atoms with E-state index in [0.717, 1.165) is 0 Å². The van der Waals surface area contributed by atoms with Crippen molar-refractivity contribution in [3.05, 3.63) is 30.6 Å². The molecule has 2 aromatic rings. The van der Waals surface area contributed by atoms with Gasteiger partial charge in [-0.2, -0.15) is 4.98 Å². The number of nitrogens with two attached hydrogens (primary N) is 1. The summed E-state index contributed by atoms with van der Waals surface area (Å²) in [6.45, 7) is 0. The van der Waals surface area contributed by atoms with E-state index in [-0.39, 0.29) is 11.7 Å². The van der Waals surface area contributed by atoms with Gasteiger partial charge >= 0.3 is 0 Å². The van der Waals surface area contributed by atoms with Crippen LogP contribution in [0.5, 0.6) is 5.75 Å². The maximum absolute atomic E-state index is 9.23. The third kappa shape index (κ3) is 2.31. The normalized spacial score (nSPS) is 9.87. The second-order valence-corrected chi connectivity index (χ2v) is 2.84. The lowest BCUT2D eigenvalue weighted by Crippen LogP contribution is -2.01. The first-order valence-electron chi connectivity index (χ1n) is 4.24. The fraction of sp³-hybridized carbons (Fsp3) is 0. The molecule has 4 N–H and O–H groups in total. The molecule has 15 heavy (non-hydrogen) atoms. The standard InChI is InChI=1S/C9H9N5O/c10-8-11-5-12-9(14-8)13-6-2-1-3-7(15)4-6/h1-5,15H,(H3,10,11,12,13,14). The van der Waals surface area contributed by atoms with Gasteiger partial charge in [0.25, 0.3) is 0 Å². The molecular weight excluding hydrogens is 194 g/mol. The molecule has 2 rings (SSSR count). The quantitative estimate of drug-likeness (QED) is 0.671. The molecule has 0 saturated heterocycles. The molecule has 76 valence electrons. The largest absolute Gasteiger partial charge is 0.508 e. The van der Waals surface area contributed by atoms with E-state index < -0.39 is 0 Å². The van der Waals surface area contributed by atoms with Crippen LogP contribution in [0.4, 0.5) is 17.6 Å². The van der Waals surface area contributed by atoms with Crippen molar-refractivity contribution in [3.8, 4) is 5.75 Å². The summed E-state index contributed by atoms with van der Waals surface area (Å²) < 4.78 is 0. The predicted molar refractivity (Wildman–Crippen MR) is 55.6 cm³/mol. The summed E-state index contributed by atoms with van der Waals surface area (Å²) in [5.41, 5.74) is 6.07. The first-order chi connectivity index (χ1) is 7.24. The van der Waals surface area contributed by atoms with Crippen LogP contribution in [0.2, 0.25) is 0 Å². The number of phenols is 1. The average molecular weight is 203 g/mol. The number of nitrogens with zero attached hydrogens (tertiary/aromatic N) is 3. The summed E-state index contributed by atoms with van der Waals surface area (Å²) in [7, 11) is 0. The molecule has 0 aliphatic carbocycles. The van der Waals surface area contributed by atoms with E-state index in [0.29, 0.717) is 11.6 Å². The minimum atomic E-state index is 0.146. The van der Waals surface area contributed by atoms with Crippen molar-refractivity contribution in [2.75, 3.05) is 11.1 Å². The Morgan fingerprint density at radius 1 is 1.27 bits per heavy atom. The number of nitrogen functional groups attached to an aromatic ring is 1. The Hall–Kier alpha value is -2.37. The molecule has 0 amide bonds. The molecule has 0 saturated carbocycles. The first-order valence-corrected chi connectivity index (χ1v) is 4.24. The Bertz CT molecular complexity index is 430. The van der Waals surface area contributed by atoms with E-state index in [4.69, 9.17) is 5.73 Å². The van der Waals surface area contributed by atoms with Crippen molar-refractivity contribution in [3.63, 3.8) is 0 Å². The van der Waals surface area contributed by atoms with Gasteiger partial charge in [-0.15, -0.1) is 0 Å². The van der Waals surface area contributed by atoms with Crippen LogP contribution in [0.15, 0.2) is 30.6 Å². The van der Waals surface area contributed by atoms with Gasteiger partial charge in [-0.05, 0) is 12.1 Å². The Morgan fingerprint density at radius 3 is 2.87 bits per heavy atom. The first kappa shape index (κ1) is 9.20. The Morgan fingerprint density at radius 2 is 2.13 bits per heavy atom. The van der Waals surface area contributed by atoms with Gasteiger partial charge in [0.15, 0.2) is 0 Å². The number of rotatable bonds is 2. The van der Waals surface area contributed by atoms with Crippen LogP contribution >= 0.6 is 0 Å². The molecular formula is C9H9N5O. The van der Waals surface area contributed by atoms with E-state index in [2.05, 4.69) is 20.3 Å². The molecule has 0 atom stereocenters. The van der Waals surface area contributed by atoms with Gasteiger partial charge in [0, 0.05) is 11.8 Å². The van der Waals surface area contributed by atoms with Crippen LogP contribution in [0.1, 0.15) is 0 Å². The summed E-state index contributed by atoms with van der Waals surface area (Å²) in [5.74, 6) is 0.655. The topological polar surface area (TPSA) is 97.0 Å². The molecule has 0 spiro atoms. The van der Waals surface area contributed by atoms with Gasteiger partial charge in [-0.25, -0.2) is 9.97 Å². The summed E-state index contributed by atoms with van der Waals surface area (Å²) in [4.78, 5) is 11.4. The number of benzene rings is 1. The van der Waals surface area contributed by atoms with Gasteiger partial charge in [0.05, 0.1) is 0 Å². The molecule has 6 nitrogen and oxygen atoms in total. The number of hydrogen-bond donors (Lipinski definition) is 3. The average Bonchev–Trinajstić information content (AvgIpc) is 2.17. The minimum absolute atomic E-state index is 0.146. The van der Waals surface area contributed by atoms with Crippen molar-refractivity contribution in [1.29, 1.82) is 0 Å². The van der Waals surface area contributed by atoms with Gasteiger partial charge in [-0.1, -0.05) is 6.07 Å². The van der Waals surface area contributed by atoms with E-state index in [9.17, 15) is 5.11 Å². The molecule has 0 aliphatic heterocycles. The molecule has 0 aliphatic rings. The zero-order valence-electron chi connectivity index (χ0n) is 7.75. The zero-order valence-corrected chi connectivity index (χ0v) is 7.75. The maximum Gasteiger partial charge on any atom is 0.231 e. The monoisotopic (exact) mass is 203 g/mol. The molecule has 1 heterocycles. The van der Waals surface area contributed by atoms with Crippen LogP contribution in [0.25, 0.3) is 0 Å². The Kier molecular flexibility index (Phi) is 2.32. The van der Waals surface area contributed by atoms with Gasteiger partial charge in [-0.3, -0.25) is 0 Å². The second-order valence-electron chi connectivity index (χ2n) is 2.84. The van der Waals surface area contributed by atoms with Crippen molar-refractivity contribution >= 4 is 17.6 Å². The highest BCUT2D eigenvalue weighted by molar-refractivity contribution is 5.55. The Balaban J connectivity index is 2.22. The Labute approximate surface area is 85.8 Å². The zero-order chi connectivity index (χ0) is 10.7. The van der Waals surface area contributed by atoms with Crippen LogP contribution in [0, 0.1) is 0 Å². The van der Waals surface area contributed by atoms with E-state index in [1.165, 1.54) is 6.33 Å². The van der Waals surface area contributed by atoms with Crippen molar-refractivity contribution in [2.45, 2.75) is 0 Å². The van der Waals surface area contributed by atoms with E-state index >= 15 is 0 Å². The maximum atomic E-state index is 9.23. The molecule has 1 aromatic carbocycles. The van der Waals surface area contributed by atoms with Crippen molar-refractivity contribution < 1.29 is 5.11 Å². The van der Waals surface area contributed by atoms with Crippen molar-refractivity contribution in [1.82, 2.24) is 15.0 Å². The number of anilines is 3. The summed E-state index contributed by atoms with van der Waals surface area (Å²) in [6, 6.07) is 6.62. The number of hydrogen-bond acceptors (Lipinski definition) is 6. The minimum Gasteiger partial charge on any atom is -0.508 e. The lowest BCUT2D eigenvalue weighted by molar-refractivity contribution is 0.475. The second kappa shape index (κ2) is 3.79. The fourth-order valence-electron chi connectivity index (χ4n) is 1.08. The highest BCUT2D eigenvalue weighted by atomic mass is 16.3. The van der Waals surface area contributed by atoms with Crippen LogP contribution < -0.4 is 11.1 Å². The summed E-state index contributed by atoms with van der Waals surface area (Å²) in [6.07, 6.45) is 1.31. The molecule has 0 fully saturated rings. The molecule has 1 aromatic heterocycles. The predicted octanol–water partition coefficient (Wildman–Crippen LogP) is 0.903. The third-order valence-corrected chi connectivity index (χ3v) is 1.69. The van der Waals surface area contributed by atoms with Crippen LogP contribution in [-0.2, 0) is 0 Å². The van der Waals surface area contributed by atoms with Gasteiger partial charge in [0.1, 0.15) is 12.1 Å². The summed E-state index contributed by atoms with van der Waals surface area (Å²) >= 11 is 0. The number of phenolic OH excluding ortho intramolecular Hbond substituents is 1. The number of aromatic nitrogens is 3.